The quantitative estimate of drug-likeness (QED) is 0.339. The van der Waals surface area contributed by atoms with Gasteiger partial charge in [0.25, 0.3) is 5.91 Å². The average Bonchev–Trinajstić information content (AvgIpc) is 3.32. The van der Waals surface area contributed by atoms with E-state index in [1.54, 1.807) is 38.5 Å². The van der Waals surface area contributed by atoms with Crippen LogP contribution in [0.4, 0.5) is 0 Å². The van der Waals surface area contributed by atoms with Crippen molar-refractivity contribution < 1.29 is 14.3 Å². The molecule has 3 aromatic carbocycles. The van der Waals surface area contributed by atoms with Gasteiger partial charge in [-0.25, -0.2) is 0 Å². The van der Waals surface area contributed by atoms with Crippen LogP contribution in [0, 0.1) is 0 Å². The largest absolute Gasteiger partial charge is 0.493 e. The Balaban J connectivity index is 1.43. The van der Waals surface area contributed by atoms with Crippen LogP contribution in [-0.4, -0.2) is 30.3 Å². The molecular formula is C25H21Cl2N3O3. The van der Waals surface area contributed by atoms with Gasteiger partial charge < -0.3 is 14.8 Å². The summed E-state index contributed by atoms with van der Waals surface area (Å²) >= 11 is 12.3. The zero-order chi connectivity index (χ0) is 23.4. The van der Waals surface area contributed by atoms with E-state index in [0.29, 0.717) is 33.7 Å². The number of amides is 1. The third-order valence-electron chi connectivity index (χ3n) is 5.14. The first-order chi connectivity index (χ1) is 16.0. The maximum absolute atomic E-state index is 12.6. The zero-order valence-electron chi connectivity index (χ0n) is 18.0. The molecule has 0 fully saturated rings. The lowest BCUT2D eigenvalue weighted by atomic mass is 10.1. The summed E-state index contributed by atoms with van der Waals surface area (Å²) in [5.74, 6) is 1.09. The monoisotopic (exact) mass is 481 g/mol. The Bertz CT molecular complexity index is 1290. The molecule has 0 spiro atoms. The molecule has 8 heteroatoms. The highest BCUT2D eigenvalue weighted by molar-refractivity contribution is 6.36. The Hall–Kier alpha value is -3.48. The van der Waals surface area contributed by atoms with Crippen molar-refractivity contribution >= 4 is 29.1 Å². The Morgan fingerprint density at radius 3 is 2.39 bits per heavy atom. The van der Waals surface area contributed by atoms with Crippen LogP contribution in [0.3, 0.4) is 0 Å². The number of methoxy groups -OCH3 is 2. The molecule has 0 unspecified atom stereocenters. The Morgan fingerprint density at radius 1 is 0.939 bits per heavy atom. The van der Waals surface area contributed by atoms with Crippen LogP contribution in [0.1, 0.15) is 15.9 Å². The molecule has 0 saturated carbocycles. The summed E-state index contributed by atoms with van der Waals surface area (Å²) in [6.45, 7) is 0.367. The van der Waals surface area contributed by atoms with Crippen LogP contribution in [-0.2, 0) is 6.54 Å². The number of aromatic amines is 1. The molecule has 2 N–H and O–H groups in total. The van der Waals surface area contributed by atoms with Crippen molar-refractivity contribution in [3.63, 3.8) is 0 Å². The second-order valence-corrected chi connectivity index (χ2v) is 8.08. The lowest BCUT2D eigenvalue weighted by Crippen LogP contribution is -2.22. The van der Waals surface area contributed by atoms with Crippen molar-refractivity contribution in [2.45, 2.75) is 6.54 Å². The van der Waals surface area contributed by atoms with Gasteiger partial charge in [0.1, 0.15) is 0 Å². The van der Waals surface area contributed by atoms with Gasteiger partial charge >= 0.3 is 0 Å². The smallest absolute Gasteiger partial charge is 0.251 e. The Labute approximate surface area is 201 Å². The van der Waals surface area contributed by atoms with Crippen molar-refractivity contribution in [2.24, 2.45) is 0 Å². The second-order valence-electron chi connectivity index (χ2n) is 7.24. The molecule has 0 bridgehead atoms. The van der Waals surface area contributed by atoms with Gasteiger partial charge in [-0.3, -0.25) is 9.89 Å². The fourth-order valence-electron chi connectivity index (χ4n) is 3.38. The number of aromatic nitrogens is 2. The number of halogens is 2. The molecule has 6 nitrogen and oxygen atoms in total. The van der Waals surface area contributed by atoms with Gasteiger partial charge in [0.15, 0.2) is 11.5 Å². The highest BCUT2D eigenvalue weighted by Gasteiger charge is 2.11. The molecule has 0 aliphatic heterocycles. The minimum Gasteiger partial charge on any atom is -0.493 e. The molecule has 168 valence electrons. The number of carbonyl (C=O) groups is 1. The summed E-state index contributed by atoms with van der Waals surface area (Å²) in [4.78, 5) is 12.6. The van der Waals surface area contributed by atoms with Gasteiger partial charge in [0, 0.05) is 28.3 Å². The van der Waals surface area contributed by atoms with E-state index in [-0.39, 0.29) is 5.91 Å². The van der Waals surface area contributed by atoms with Gasteiger partial charge in [-0.05, 0) is 54.1 Å². The molecule has 0 aliphatic carbocycles. The van der Waals surface area contributed by atoms with Crippen molar-refractivity contribution in [3.8, 4) is 34.0 Å². The Kier molecular flexibility index (Phi) is 6.87. The Morgan fingerprint density at radius 2 is 1.70 bits per heavy atom. The van der Waals surface area contributed by atoms with Crippen molar-refractivity contribution in [3.05, 3.63) is 87.9 Å². The topological polar surface area (TPSA) is 76.2 Å². The number of carbonyl (C=O) groups excluding carboxylic acids is 1. The van der Waals surface area contributed by atoms with E-state index in [2.05, 4.69) is 15.5 Å². The van der Waals surface area contributed by atoms with Gasteiger partial charge in [0.05, 0.1) is 30.6 Å². The number of H-pyrrole nitrogens is 1. The lowest BCUT2D eigenvalue weighted by Gasteiger charge is -2.10. The van der Waals surface area contributed by atoms with Crippen LogP contribution >= 0.6 is 23.2 Å². The van der Waals surface area contributed by atoms with Gasteiger partial charge in [0.2, 0.25) is 0 Å². The molecular weight excluding hydrogens is 461 g/mol. The molecule has 0 aliphatic rings. The van der Waals surface area contributed by atoms with Gasteiger partial charge in [-0.2, -0.15) is 5.10 Å². The number of hydrogen-bond donors (Lipinski definition) is 2. The summed E-state index contributed by atoms with van der Waals surface area (Å²) < 4.78 is 10.5. The molecule has 0 radical (unpaired) electrons. The predicted octanol–water partition coefficient (Wildman–Crippen LogP) is 6.00. The van der Waals surface area contributed by atoms with E-state index < -0.39 is 0 Å². The number of rotatable bonds is 7. The van der Waals surface area contributed by atoms with Crippen LogP contribution < -0.4 is 14.8 Å². The third kappa shape index (κ3) is 5.13. The summed E-state index contributed by atoms with van der Waals surface area (Å²) in [5, 5.41) is 11.4. The highest BCUT2D eigenvalue weighted by Crippen LogP contribution is 2.31. The average molecular weight is 482 g/mol. The van der Waals surface area contributed by atoms with Crippen LogP contribution in [0.2, 0.25) is 10.0 Å². The first-order valence-corrected chi connectivity index (χ1v) is 10.8. The highest BCUT2D eigenvalue weighted by atomic mass is 35.5. The molecule has 4 aromatic rings. The predicted molar refractivity (Wildman–Crippen MR) is 130 cm³/mol. The number of nitrogens with zero attached hydrogens (tertiary/aromatic N) is 1. The number of hydrogen-bond acceptors (Lipinski definition) is 4. The normalized spacial score (nSPS) is 10.7. The maximum atomic E-state index is 12.6. The molecule has 1 aromatic heterocycles. The van der Waals surface area contributed by atoms with E-state index in [9.17, 15) is 4.79 Å². The van der Waals surface area contributed by atoms with E-state index in [0.717, 1.165) is 28.1 Å². The molecule has 4 rings (SSSR count). The first-order valence-electron chi connectivity index (χ1n) is 10.1. The van der Waals surface area contributed by atoms with Gasteiger partial charge in [-0.1, -0.05) is 41.4 Å². The molecule has 0 atom stereocenters. The van der Waals surface area contributed by atoms with E-state index in [1.807, 2.05) is 42.5 Å². The standard InChI is InChI=1S/C25H21Cl2N3O3/c1-32-23-10-3-15(11-24(23)33-2)14-28-25(31)17-6-4-16(5-7-17)21-13-22(30-29-21)19-9-8-18(26)12-20(19)27/h3-13H,14H2,1-2H3,(H,28,31)(H,29,30). The molecule has 33 heavy (non-hydrogen) atoms. The summed E-state index contributed by atoms with van der Waals surface area (Å²) in [5.41, 5.74) is 4.67. The van der Waals surface area contributed by atoms with Gasteiger partial charge in [-0.15, -0.1) is 0 Å². The second kappa shape index (κ2) is 9.98. The van der Waals surface area contributed by atoms with Crippen molar-refractivity contribution in [1.29, 1.82) is 0 Å². The third-order valence-corrected chi connectivity index (χ3v) is 5.69. The fraction of sp³-hybridized carbons (Fsp3) is 0.120. The molecule has 1 amide bonds. The lowest BCUT2D eigenvalue weighted by molar-refractivity contribution is 0.0951. The zero-order valence-corrected chi connectivity index (χ0v) is 19.5. The number of nitrogens with one attached hydrogen (secondary N) is 2. The molecule has 0 saturated heterocycles. The first kappa shape index (κ1) is 22.7. The molecule has 1 heterocycles. The number of ether oxygens (including phenoxy) is 2. The summed E-state index contributed by atoms with van der Waals surface area (Å²) in [6, 6.07) is 20.0. The van der Waals surface area contributed by atoms with E-state index >= 15 is 0 Å². The summed E-state index contributed by atoms with van der Waals surface area (Å²) in [7, 11) is 3.16. The van der Waals surface area contributed by atoms with E-state index in [1.165, 1.54) is 0 Å². The fourth-order valence-corrected chi connectivity index (χ4v) is 3.89. The van der Waals surface area contributed by atoms with Crippen molar-refractivity contribution in [1.82, 2.24) is 15.5 Å². The van der Waals surface area contributed by atoms with Crippen LogP contribution in [0.25, 0.3) is 22.5 Å². The van der Waals surface area contributed by atoms with Crippen LogP contribution in [0.5, 0.6) is 11.5 Å². The number of benzene rings is 3. The summed E-state index contributed by atoms with van der Waals surface area (Å²) in [6.07, 6.45) is 0. The van der Waals surface area contributed by atoms with Crippen molar-refractivity contribution in [2.75, 3.05) is 14.2 Å². The van der Waals surface area contributed by atoms with E-state index in [4.69, 9.17) is 32.7 Å². The minimum atomic E-state index is -0.174. The minimum absolute atomic E-state index is 0.174. The van der Waals surface area contributed by atoms with Crippen LogP contribution in [0.15, 0.2) is 66.7 Å². The SMILES string of the molecule is COc1ccc(CNC(=O)c2ccc(-c3cc(-c4ccc(Cl)cc4Cl)[nH]n3)cc2)cc1OC. The maximum Gasteiger partial charge on any atom is 0.251 e.